The van der Waals surface area contributed by atoms with Crippen molar-refractivity contribution in [3.8, 4) is 0 Å². The Kier molecular flexibility index (Phi) is 12.2. The van der Waals surface area contributed by atoms with Gasteiger partial charge in [0.25, 0.3) is 0 Å². The smallest absolute Gasteiger partial charge is 0.325 e. The van der Waals surface area contributed by atoms with Gasteiger partial charge in [-0.2, -0.15) is 0 Å². The molecule has 2 saturated heterocycles. The van der Waals surface area contributed by atoms with Crippen LogP contribution in [0, 0.1) is 5.92 Å². The number of anilines is 2. The predicted molar refractivity (Wildman–Crippen MR) is 130 cm³/mol. The standard InChI is InChI=1S/C22H34N4O3.2ClH/c1-18(27)26(17-22(28)29-2)21-5-3-20(4-6-21)25-15-13-24(14-16-25)12-9-19-7-10-23-11-8-19;;/h3-6,19,23H,7-17H2,1-2H3;2*1H. The number of hydrogen-bond donors (Lipinski definition) is 1. The average molecular weight is 475 g/mol. The van der Waals surface area contributed by atoms with Gasteiger partial charge in [0.2, 0.25) is 5.91 Å². The van der Waals surface area contributed by atoms with Crippen LogP contribution in [-0.4, -0.2) is 76.2 Å². The van der Waals surface area contributed by atoms with E-state index in [2.05, 4.69) is 15.1 Å². The Hall–Kier alpha value is -1.54. The summed E-state index contributed by atoms with van der Waals surface area (Å²) >= 11 is 0. The van der Waals surface area contributed by atoms with Crippen LogP contribution in [0.15, 0.2) is 24.3 Å². The third kappa shape index (κ3) is 8.15. The second-order valence-electron chi connectivity index (χ2n) is 8.01. The molecule has 0 spiro atoms. The summed E-state index contributed by atoms with van der Waals surface area (Å²) in [5.74, 6) is 0.284. The van der Waals surface area contributed by atoms with Crippen molar-refractivity contribution in [3.63, 3.8) is 0 Å². The molecule has 9 heteroatoms. The molecule has 0 bridgehead atoms. The number of nitrogens with one attached hydrogen (secondary N) is 1. The number of piperidine rings is 1. The van der Waals surface area contributed by atoms with Crippen molar-refractivity contribution in [2.45, 2.75) is 26.2 Å². The largest absolute Gasteiger partial charge is 0.468 e. The van der Waals surface area contributed by atoms with Crippen molar-refractivity contribution in [3.05, 3.63) is 24.3 Å². The molecule has 0 aromatic heterocycles. The van der Waals surface area contributed by atoms with E-state index in [0.717, 1.165) is 37.8 Å². The van der Waals surface area contributed by atoms with Gasteiger partial charge in [0, 0.05) is 44.5 Å². The monoisotopic (exact) mass is 474 g/mol. The van der Waals surface area contributed by atoms with Crippen LogP contribution >= 0.6 is 24.8 Å². The number of ether oxygens (including phenoxy) is 1. The summed E-state index contributed by atoms with van der Waals surface area (Å²) in [5, 5.41) is 3.44. The second kappa shape index (κ2) is 13.8. The minimum absolute atomic E-state index is 0. The lowest BCUT2D eigenvalue weighted by molar-refractivity contribution is -0.139. The molecule has 7 nitrogen and oxygen atoms in total. The molecule has 1 N–H and O–H groups in total. The molecule has 0 unspecified atom stereocenters. The molecule has 2 heterocycles. The van der Waals surface area contributed by atoms with Crippen LogP contribution in [0.25, 0.3) is 0 Å². The zero-order chi connectivity index (χ0) is 20.6. The lowest BCUT2D eigenvalue weighted by Crippen LogP contribution is -2.47. The SMILES string of the molecule is COC(=O)CN(C(C)=O)c1ccc(N2CCN(CCC3CCNCC3)CC2)cc1.Cl.Cl. The van der Waals surface area contributed by atoms with Gasteiger partial charge in [0.1, 0.15) is 6.54 Å². The van der Waals surface area contributed by atoms with E-state index < -0.39 is 5.97 Å². The summed E-state index contributed by atoms with van der Waals surface area (Å²) in [7, 11) is 1.33. The second-order valence-corrected chi connectivity index (χ2v) is 8.01. The summed E-state index contributed by atoms with van der Waals surface area (Å²) in [4.78, 5) is 29.9. The molecule has 1 aromatic carbocycles. The average Bonchev–Trinajstić information content (AvgIpc) is 2.77. The lowest BCUT2D eigenvalue weighted by atomic mass is 9.94. The number of piperazine rings is 1. The van der Waals surface area contributed by atoms with Crippen molar-refractivity contribution in [1.29, 1.82) is 0 Å². The molecule has 2 aliphatic heterocycles. The van der Waals surface area contributed by atoms with Crippen LogP contribution in [0.3, 0.4) is 0 Å². The van der Waals surface area contributed by atoms with Gasteiger partial charge in [-0.05, 0) is 69.1 Å². The van der Waals surface area contributed by atoms with E-state index >= 15 is 0 Å². The lowest BCUT2D eigenvalue weighted by Gasteiger charge is -2.37. The maximum absolute atomic E-state index is 11.9. The number of amides is 1. The minimum atomic E-state index is -0.426. The fourth-order valence-corrected chi connectivity index (χ4v) is 4.19. The fraction of sp³-hybridized carbons (Fsp3) is 0.636. The molecular weight excluding hydrogens is 439 g/mol. The number of halogens is 2. The highest BCUT2D eigenvalue weighted by molar-refractivity contribution is 5.96. The first-order valence-electron chi connectivity index (χ1n) is 10.7. The van der Waals surface area contributed by atoms with E-state index in [4.69, 9.17) is 4.74 Å². The van der Waals surface area contributed by atoms with Gasteiger partial charge in [-0.25, -0.2) is 0 Å². The number of carbonyl (C=O) groups excluding carboxylic acids is 2. The van der Waals surface area contributed by atoms with E-state index in [1.54, 1.807) is 0 Å². The van der Waals surface area contributed by atoms with Gasteiger partial charge in [0.15, 0.2) is 0 Å². The number of rotatable bonds is 7. The summed E-state index contributed by atoms with van der Waals surface area (Å²) in [6.07, 6.45) is 3.95. The molecular formula is C22H36Cl2N4O3. The van der Waals surface area contributed by atoms with Crippen molar-refractivity contribution in [1.82, 2.24) is 10.2 Å². The number of hydrogen-bond acceptors (Lipinski definition) is 6. The molecule has 0 radical (unpaired) electrons. The topological polar surface area (TPSA) is 65.1 Å². The molecule has 176 valence electrons. The first kappa shape index (κ1) is 27.5. The highest BCUT2D eigenvalue weighted by Crippen LogP contribution is 2.23. The van der Waals surface area contributed by atoms with Gasteiger partial charge < -0.3 is 19.9 Å². The maximum Gasteiger partial charge on any atom is 0.325 e. The van der Waals surface area contributed by atoms with E-state index in [1.165, 1.54) is 57.8 Å². The number of nitrogens with zero attached hydrogens (tertiary/aromatic N) is 3. The van der Waals surface area contributed by atoms with E-state index in [9.17, 15) is 9.59 Å². The normalized spacial score (nSPS) is 17.3. The molecule has 31 heavy (non-hydrogen) atoms. The van der Waals surface area contributed by atoms with E-state index in [-0.39, 0.29) is 37.3 Å². The summed E-state index contributed by atoms with van der Waals surface area (Å²) < 4.78 is 4.69. The van der Waals surface area contributed by atoms with Crippen LogP contribution in [-0.2, 0) is 14.3 Å². The highest BCUT2D eigenvalue weighted by Gasteiger charge is 2.20. The number of carbonyl (C=O) groups is 2. The Balaban J connectivity index is 0.00000240. The summed E-state index contributed by atoms with van der Waals surface area (Å²) in [6, 6.07) is 7.88. The third-order valence-electron chi connectivity index (χ3n) is 6.11. The van der Waals surface area contributed by atoms with Gasteiger partial charge in [0.05, 0.1) is 7.11 Å². The van der Waals surface area contributed by atoms with Gasteiger partial charge in [-0.3, -0.25) is 14.5 Å². The van der Waals surface area contributed by atoms with Crippen LogP contribution in [0.4, 0.5) is 11.4 Å². The minimum Gasteiger partial charge on any atom is -0.468 e. The maximum atomic E-state index is 11.9. The highest BCUT2D eigenvalue weighted by atomic mass is 35.5. The zero-order valence-electron chi connectivity index (χ0n) is 18.5. The fourth-order valence-electron chi connectivity index (χ4n) is 4.19. The van der Waals surface area contributed by atoms with Crippen molar-refractivity contribution < 1.29 is 14.3 Å². The molecule has 3 rings (SSSR count). The van der Waals surface area contributed by atoms with E-state index in [0.29, 0.717) is 5.69 Å². The van der Waals surface area contributed by atoms with Gasteiger partial charge in [-0.15, -0.1) is 24.8 Å². The van der Waals surface area contributed by atoms with Crippen LogP contribution in [0.1, 0.15) is 26.2 Å². The Morgan fingerprint density at radius 1 is 1.06 bits per heavy atom. The third-order valence-corrected chi connectivity index (χ3v) is 6.11. The van der Waals surface area contributed by atoms with Crippen molar-refractivity contribution in [2.75, 3.05) is 69.3 Å². The quantitative estimate of drug-likeness (QED) is 0.612. The van der Waals surface area contributed by atoms with Gasteiger partial charge >= 0.3 is 5.97 Å². The molecule has 2 aliphatic rings. The van der Waals surface area contributed by atoms with E-state index in [1.807, 2.05) is 24.3 Å². The summed E-state index contributed by atoms with van der Waals surface area (Å²) in [5.41, 5.74) is 1.88. The Morgan fingerprint density at radius 2 is 1.68 bits per heavy atom. The van der Waals surface area contributed by atoms with Crippen LogP contribution < -0.4 is 15.1 Å². The molecule has 0 saturated carbocycles. The predicted octanol–water partition coefficient (Wildman–Crippen LogP) is 2.57. The summed E-state index contributed by atoms with van der Waals surface area (Å²) in [6.45, 7) is 9.17. The Labute approximate surface area is 198 Å². The van der Waals surface area contributed by atoms with Crippen LogP contribution in [0.2, 0.25) is 0 Å². The molecule has 0 aliphatic carbocycles. The number of esters is 1. The number of benzene rings is 1. The first-order chi connectivity index (χ1) is 14.1. The molecule has 2 fully saturated rings. The van der Waals surface area contributed by atoms with Crippen molar-refractivity contribution in [2.24, 2.45) is 5.92 Å². The Bertz CT molecular complexity index is 676. The molecule has 1 aromatic rings. The Morgan fingerprint density at radius 3 is 2.23 bits per heavy atom. The number of methoxy groups -OCH3 is 1. The van der Waals surface area contributed by atoms with Gasteiger partial charge in [-0.1, -0.05) is 0 Å². The van der Waals surface area contributed by atoms with Crippen LogP contribution in [0.5, 0.6) is 0 Å². The molecule has 1 amide bonds. The zero-order valence-corrected chi connectivity index (χ0v) is 20.2. The molecule has 0 atom stereocenters. The first-order valence-corrected chi connectivity index (χ1v) is 10.7. The van der Waals surface area contributed by atoms with Crippen molar-refractivity contribution >= 4 is 48.1 Å².